The Balaban J connectivity index is 2.77. The molecule has 0 saturated heterocycles. The third-order valence-corrected chi connectivity index (χ3v) is 3.15. The predicted molar refractivity (Wildman–Crippen MR) is 69.5 cm³/mol. The lowest BCUT2D eigenvalue weighted by Gasteiger charge is -2.26. The van der Waals surface area contributed by atoms with Crippen molar-refractivity contribution in [3.63, 3.8) is 0 Å². The lowest BCUT2D eigenvalue weighted by atomic mass is 9.97. The molecule has 1 aromatic heterocycles. The zero-order chi connectivity index (χ0) is 12.9. The Bertz CT molecular complexity index is 362. The molecule has 0 saturated carbocycles. The van der Waals surface area contributed by atoms with Crippen LogP contribution in [0.1, 0.15) is 32.4 Å². The van der Waals surface area contributed by atoms with E-state index in [1.165, 1.54) is 0 Å². The Hall–Kier alpha value is -1.29. The van der Waals surface area contributed by atoms with E-state index in [0.29, 0.717) is 12.3 Å². The number of aliphatic hydroxyl groups is 1. The van der Waals surface area contributed by atoms with Crippen LogP contribution in [0.2, 0.25) is 0 Å². The second-order valence-corrected chi connectivity index (χ2v) is 4.31. The first-order valence-electron chi connectivity index (χ1n) is 6.01. The van der Waals surface area contributed by atoms with Gasteiger partial charge in [-0.2, -0.15) is 0 Å². The van der Waals surface area contributed by atoms with Gasteiger partial charge in [0.2, 0.25) is 0 Å². The van der Waals surface area contributed by atoms with E-state index in [1.807, 2.05) is 26.8 Å². The molecule has 0 aromatic carbocycles. The van der Waals surface area contributed by atoms with Gasteiger partial charge < -0.3 is 15.2 Å². The number of rotatable bonds is 6. The largest absolute Gasteiger partial charge is 0.493 e. The highest BCUT2D eigenvalue weighted by Gasteiger charge is 2.22. The highest BCUT2D eigenvalue weighted by atomic mass is 16.5. The second-order valence-electron chi connectivity index (χ2n) is 4.31. The average Bonchev–Trinajstić information content (AvgIpc) is 2.36. The van der Waals surface area contributed by atoms with E-state index in [-0.39, 0.29) is 0 Å². The molecule has 0 radical (unpaired) electrons. The number of ether oxygens (including phenoxy) is 1. The Labute approximate surface area is 103 Å². The quantitative estimate of drug-likeness (QED) is 0.799. The first-order chi connectivity index (χ1) is 8.04. The van der Waals surface area contributed by atoms with Gasteiger partial charge in [-0.25, -0.2) is 0 Å². The molecule has 1 rings (SSSR count). The molecule has 17 heavy (non-hydrogen) atoms. The van der Waals surface area contributed by atoms with Gasteiger partial charge >= 0.3 is 0 Å². The summed E-state index contributed by atoms with van der Waals surface area (Å²) in [6, 6.07) is 1.92. The van der Waals surface area contributed by atoms with Crippen molar-refractivity contribution < 1.29 is 9.84 Å². The van der Waals surface area contributed by atoms with Crippen LogP contribution in [0.4, 0.5) is 5.69 Å². The lowest BCUT2D eigenvalue weighted by Crippen LogP contribution is -2.35. The van der Waals surface area contributed by atoms with Crippen LogP contribution < -0.4 is 10.1 Å². The van der Waals surface area contributed by atoms with Crippen LogP contribution in [-0.4, -0.2) is 29.3 Å². The number of nitrogens with one attached hydrogen (secondary N) is 1. The first kappa shape index (κ1) is 13.8. The molecule has 0 bridgehead atoms. The molecule has 0 aliphatic carbocycles. The molecule has 0 aliphatic heterocycles. The highest BCUT2D eigenvalue weighted by molar-refractivity contribution is 5.56. The molecular formula is C13H22N2O2. The van der Waals surface area contributed by atoms with Crippen molar-refractivity contribution in [2.24, 2.45) is 0 Å². The van der Waals surface area contributed by atoms with Crippen molar-refractivity contribution in [3.8, 4) is 5.75 Å². The number of aryl methyl sites for hydroxylation is 1. The fraction of sp³-hybridized carbons (Fsp3) is 0.615. The molecule has 0 unspecified atom stereocenters. The maximum atomic E-state index is 10.2. The van der Waals surface area contributed by atoms with Crippen LogP contribution in [0, 0.1) is 6.92 Å². The average molecular weight is 238 g/mol. The summed E-state index contributed by atoms with van der Waals surface area (Å²) in [7, 11) is 1.61. The van der Waals surface area contributed by atoms with Gasteiger partial charge in [0.25, 0.3) is 0 Å². The lowest BCUT2D eigenvalue weighted by molar-refractivity contribution is 0.0457. The van der Waals surface area contributed by atoms with E-state index in [4.69, 9.17) is 4.74 Å². The minimum atomic E-state index is -0.664. The van der Waals surface area contributed by atoms with Crippen LogP contribution >= 0.6 is 0 Å². The molecule has 0 amide bonds. The number of hydrogen-bond acceptors (Lipinski definition) is 4. The van der Waals surface area contributed by atoms with Gasteiger partial charge in [-0.3, -0.25) is 4.98 Å². The SMILES string of the molecule is CCC(O)(CC)CNc1cc(C)ncc1OC. The maximum absolute atomic E-state index is 10.2. The zero-order valence-corrected chi connectivity index (χ0v) is 11.1. The van der Waals surface area contributed by atoms with Gasteiger partial charge in [-0.05, 0) is 25.8 Å². The monoisotopic (exact) mass is 238 g/mol. The van der Waals surface area contributed by atoms with Gasteiger partial charge in [0.15, 0.2) is 5.75 Å². The normalized spacial score (nSPS) is 11.4. The summed E-state index contributed by atoms with van der Waals surface area (Å²) in [5, 5.41) is 13.4. The van der Waals surface area contributed by atoms with Crippen LogP contribution in [0.25, 0.3) is 0 Å². The molecule has 96 valence electrons. The van der Waals surface area contributed by atoms with Crippen molar-refractivity contribution in [1.82, 2.24) is 4.98 Å². The molecule has 0 spiro atoms. The molecule has 0 aliphatic rings. The first-order valence-corrected chi connectivity index (χ1v) is 6.01. The molecule has 4 nitrogen and oxygen atoms in total. The third kappa shape index (κ3) is 3.60. The summed E-state index contributed by atoms with van der Waals surface area (Å²) in [4.78, 5) is 4.17. The molecule has 0 atom stereocenters. The van der Waals surface area contributed by atoms with Crippen molar-refractivity contribution >= 4 is 5.69 Å². The molecule has 1 heterocycles. The van der Waals surface area contributed by atoms with Crippen molar-refractivity contribution in [2.45, 2.75) is 39.2 Å². The summed E-state index contributed by atoms with van der Waals surface area (Å²) in [5.41, 5.74) is 1.13. The van der Waals surface area contributed by atoms with E-state index < -0.39 is 5.60 Å². The van der Waals surface area contributed by atoms with E-state index in [1.54, 1.807) is 13.3 Å². The summed E-state index contributed by atoms with van der Waals surface area (Å²) in [6.07, 6.45) is 3.14. The smallest absolute Gasteiger partial charge is 0.160 e. The predicted octanol–water partition coefficient (Wildman–Crippen LogP) is 2.36. The maximum Gasteiger partial charge on any atom is 0.160 e. The Morgan fingerprint density at radius 1 is 1.41 bits per heavy atom. The molecule has 0 fully saturated rings. The van der Waals surface area contributed by atoms with Crippen LogP contribution in [-0.2, 0) is 0 Å². The van der Waals surface area contributed by atoms with Crippen LogP contribution in [0.3, 0.4) is 0 Å². The molecule has 4 heteroatoms. The molecule has 2 N–H and O–H groups in total. The zero-order valence-electron chi connectivity index (χ0n) is 11.1. The number of hydrogen-bond donors (Lipinski definition) is 2. The Morgan fingerprint density at radius 2 is 2.06 bits per heavy atom. The summed E-state index contributed by atoms with van der Waals surface area (Å²) >= 11 is 0. The summed E-state index contributed by atoms with van der Waals surface area (Å²) in [5.74, 6) is 0.699. The minimum Gasteiger partial charge on any atom is -0.493 e. The topological polar surface area (TPSA) is 54.4 Å². The van der Waals surface area contributed by atoms with Crippen molar-refractivity contribution in [3.05, 3.63) is 18.0 Å². The van der Waals surface area contributed by atoms with E-state index in [0.717, 1.165) is 24.2 Å². The fourth-order valence-corrected chi connectivity index (χ4v) is 1.61. The number of nitrogens with zero attached hydrogens (tertiary/aromatic N) is 1. The molecular weight excluding hydrogens is 216 g/mol. The Kier molecular flexibility index (Phi) is 4.75. The Morgan fingerprint density at radius 3 is 2.59 bits per heavy atom. The number of methoxy groups -OCH3 is 1. The number of anilines is 1. The van der Waals surface area contributed by atoms with E-state index >= 15 is 0 Å². The standard InChI is InChI=1S/C13H22N2O2/c1-5-13(16,6-2)9-15-11-7-10(3)14-8-12(11)17-4/h7-8,16H,5-6,9H2,1-4H3,(H,14,15). The number of aromatic nitrogens is 1. The van der Waals surface area contributed by atoms with Crippen LogP contribution in [0.5, 0.6) is 5.75 Å². The minimum absolute atomic E-state index is 0.514. The summed E-state index contributed by atoms with van der Waals surface area (Å²) in [6.45, 7) is 6.41. The number of pyridine rings is 1. The summed E-state index contributed by atoms with van der Waals surface area (Å²) < 4.78 is 5.23. The molecule has 1 aromatic rings. The third-order valence-electron chi connectivity index (χ3n) is 3.15. The van der Waals surface area contributed by atoms with Crippen molar-refractivity contribution in [2.75, 3.05) is 19.0 Å². The van der Waals surface area contributed by atoms with Crippen LogP contribution in [0.15, 0.2) is 12.3 Å². The van der Waals surface area contributed by atoms with E-state index in [2.05, 4.69) is 10.3 Å². The fourth-order valence-electron chi connectivity index (χ4n) is 1.61. The van der Waals surface area contributed by atoms with E-state index in [9.17, 15) is 5.11 Å². The van der Waals surface area contributed by atoms with Crippen molar-refractivity contribution in [1.29, 1.82) is 0 Å². The van der Waals surface area contributed by atoms with Gasteiger partial charge in [0.1, 0.15) is 0 Å². The van der Waals surface area contributed by atoms with Gasteiger partial charge in [0, 0.05) is 12.2 Å². The van der Waals surface area contributed by atoms with Gasteiger partial charge in [-0.1, -0.05) is 13.8 Å². The second kappa shape index (κ2) is 5.87. The van der Waals surface area contributed by atoms with Gasteiger partial charge in [0.05, 0.1) is 24.6 Å². The highest BCUT2D eigenvalue weighted by Crippen LogP contribution is 2.25. The van der Waals surface area contributed by atoms with Gasteiger partial charge in [-0.15, -0.1) is 0 Å².